The van der Waals surface area contributed by atoms with Gasteiger partial charge in [-0.05, 0) is 160 Å². The molecule has 0 bridgehead atoms. The Kier molecular flexibility index (Phi) is 14.1. The molecule has 0 aliphatic heterocycles. The monoisotopic (exact) mass is 1330 g/mol. The normalized spacial score (nSPS) is 11.7. The number of aromatic nitrogens is 8. The standard InChI is InChI=1S/C92H54N8S2/c1-4-21-55(22-5-1)86-95-87(56-23-6-2-7-24-56)98-90(97-86)79-51-63(39-43-69(79)64-53-80-73-34-18-19-36-82(73)102-92(80)94-54-64)76-48-59-28-11-13-31-67(59)77-49-60(40-44-72(76)77)66-30-14-17-35-74(66)89-96-88(57-25-8-3-9-26-57)99-91(100-89)78-50-62(75-47-58-27-10-12-29-65(58)70-32-15-16-33-71(70)75)38-42-68(78)61-41-45-83-81(52-61)85-84(101-83)37-20-46-93-85/h1-54H. The average Bonchev–Trinajstić information content (AvgIpc) is 0.865. The summed E-state index contributed by atoms with van der Waals surface area (Å²) in [6, 6.07) is 112. The Morgan fingerprint density at radius 3 is 1.25 bits per heavy atom. The van der Waals surface area contributed by atoms with Crippen LogP contribution in [0.15, 0.2) is 328 Å². The van der Waals surface area contributed by atoms with Gasteiger partial charge >= 0.3 is 0 Å². The Hall–Kier alpha value is -13.1. The van der Waals surface area contributed by atoms with E-state index in [4.69, 9.17) is 39.9 Å². The SMILES string of the molecule is c1ccc(-c2nc(-c3ccccc3)nc(-c3cc(-c4cc5ccccc5c5cc(-c6ccccc6-c6nc(-c7ccccc7)nc(-c7cc(-c8cc9ccccc9c9ccccc89)ccc7-c7ccc8sc9cccnc9c8c7)n6)ccc45)ccc3-c3cnc4sc5ccccc5c4c3)n2)cc1. The molecule has 20 aromatic rings. The van der Waals surface area contributed by atoms with Crippen LogP contribution in [0.3, 0.4) is 0 Å². The summed E-state index contributed by atoms with van der Waals surface area (Å²) in [7, 11) is 0. The van der Waals surface area contributed by atoms with Gasteiger partial charge in [-0.1, -0.05) is 249 Å². The molecule has 10 heteroatoms. The van der Waals surface area contributed by atoms with E-state index >= 15 is 0 Å². The molecule has 8 nitrogen and oxygen atoms in total. The van der Waals surface area contributed by atoms with Crippen molar-refractivity contribution in [1.82, 2.24) is 39.9 Å². The van der Waals surface area contributed by atoms with E-state index in [-0.39, 0.29) is 0 Å². The van der Waals surface area contributed by atoms with Crippen LogP contribution in [-0.4, -0.2) is 39.9 Å². The van der Waals surface area contributed by atoms with Gasteiger partial charge in [-0.15, -0.1) is 22.7 Å². The van der Waals surface area contributed by atoms with E-state index in [9.17, 15) is 0 Å². The van der Waals surface area contributed by atoms with Crippen molar-refractivity contribution in [2.45, 2.75) is 0 Å². The van der Waals surface area contributed by atoms with Gasteiger partial charge < -0.3 is 0 Å². The van der Waals surface area contributed by atoms with Crippen LogP contribution in [0.25, 0.3) is 208 Å². The lowest BCUT2D eigenvalue weighted by Gasteiger charge is -2.17. The van der Waals surface area contributed by atoms with Gasteiger partial charge in [0.25, 0.3) is 0 Å². The summed E-state index contributed by atoms with van der Waals surface area (Å²) in [5.74, 6) is 3.43. The second kappa shape index (κ2) is 24.4. The first kappa shape index (κ1) is 59.0. The fourth-order valence-corrected chi connectivity index (χ4v) is 16.9. The largest absolute Gasteiger partial charge is 0.255 e. The molecule has 0 amide bonds. The van der Waals surface area contributed by atoms with Crippen molar-refractivity contribution in [2.75, 3.05) is 0 Å². The summed E-state index contributed by atoms with van der Waals surface area (Å²) in [5, 5.41) is 12.6. The average molecular weight is 1340 g/mol. The van der Waals surface area contributed by atoms with E-state index in [2.05, 4.69) is 255 Å². The molecule has 0 saturated heterocycles. The van der Waals surface area contributed by atoms with Crippen molar-refractivity contribution in [1.29, 1.82) is 0 Å². The molecular formula is C92H54N8S2. The fourth-order valence-electron chi connectivity index (χ4n) is 14.8. The third-order valence-corrected chi connectivity index (χ3v) is 21.9. The minimum Gasteiger partial charge on any atom is -0.255 e. The van der Waals surface area contributed by atoms with E-state index in [1.165, 1.54) is 36.3 Å². The smallest absolute Gasteiger partial charge is 0.164 e. The Labute approximate surface area is 594 Å². The lowest BCUT2D eigenvalue weighted by molar-refractivity contribution is 1.07. The Morgan fingerprint density at radius 1 is 0.196 bits per heavy atom. The van der Waals surface area contributed by atoms with Crippen LogP contribution >= 0.6 is 22.7 Å². The van der Waals surface area contributed by atoms with Gasteiger partial charge in [-0.2, -0.15) is 0 Å². The van der Waals surface area contributed by atoms with Crippen LogP contribution in [0.5, 0.6) is 0 Å². The van der Waals surface area contributed by atoms with Crippen LogP contribution < -0.4 is 0 Å². The number of rotatable bonds is 11. The highest BCUT2D eigenvalue weighted by atomic mass is 32.1. The molecule has 0 N–H and O–H groups in total. The van der Waals surface area contributed by atoms with Crippen molar-refractivity contribution >= 4 is 106 Å². The van der Waals surface area contributed by atoms with Gasteiger partial charge in [0.2, 0.25) is 0 Å². The predicted molar refractivity (Wildman–Crippen MR) is 424 cm³/mol. The summed E-state index contributed by atoms with van der Waals surface area (Å²) >= 11 is 3.47. The third kappa shape index (κ3) is 10.3. The summed E-state index contributed by atoms with van der Waals surface area (Å²) in [4.78, 5) is 43.5. The molecule has 0 saturated carbocycles. The van der Waals surface area contributed by atoms with Gasteiger partial charge in [0.05, 0.1) is 10.2 Å². The van der Waals surface area contributed by atoms with Crippen LogP contribution in [0, 0.1) is 0 Å². The zero-order valence-electron chi connectivity index (χ0n) is 54.6. The summed E-state index contributed by atoms with van der Waals surface area (Å²) in [6.45, 7) is 0. The van der Waals surface area contributed by atoms with Gasteiger partial charge in [-0.25, -0.2) is 34.9 Å². The molecule has 6 aromatic heterocycles. The zero-order chi connectivity index (χ0) is 67.2. The Morgan fingerprint density at radius 2 is 0.618 bits per heavy atom. The molecule has 0 aliphatic rings. The second-order valence-electron chi connectivity index (χ2n) is 25.7. The number of fused-ring (bicyclic) bond motifs is 12. The quantitative estimate of drug-likeness (QED) is 0.118. The lowest BCUT2D eigenvalue weighted by atomic mass is 9.88. The van der Waals surface area contributed by atoms with Crippen molar-refractivity contribution in [2.24, 2.45) is 0 Å². The number of thiophene rings is 2. The van der Waals surface area contributed by atoms with E-state index in [0.717, 1.165) is 136 Å². The zero-order valence-corrected chi connectivity index (χ0v) is 56.2. The molecule has 0 atom stereocenters. The number of hydrogen-bond acceptors (Lipinski definition) is 10. The third-order valence-electron chi connectivity index (χ3n) is 19.7. The molecule has 0 spiro atoms. The van der Waals surface area contributed by atoms with Gasteiger partial charge in [0.1, 0.15) is 4.83 Å². The molecule has 0 radical (unpaired) electrons. The Balaban J connectivity index is 0.771. The molecule has 0 unspecified atom stereocenters. The Bertz CT molecular complexity index is 6710. The topological polar surface area (TPSA) is 103 Å². The van der Waals surface area contributed by atoms with Crippen LogP contribution in [0.2, 0.25) is 0 Å². The van der Waals surface area contributed by atoms with E-state index in [1.807, 2.05) is 73.1 Å². The maximum absolute atomic E-state index is 5.67. The number of nitrogens with zero attached hydrogens (tertiary/aromatic N) is 8. The van der Waals surface area contributed by atoms with E-state index in [1.54, 1.807) is 22.7 Å². The summed E-state index contributed by atoms with van der Waals surface area (Å²) < 4.78 is 3.53. The minimum absolute atomic E-state index is 0.558. The molecule has 474 valence electrons. The highest BCUT2D eigenvalue weighted by Crippen LogP contribution is 2.47. The molecule has 14 aromatic carbocycles. The minimum atomic E-state index is 0.558. The first-order chi connectivity index (χ1) is 50.5. The van der Waals surface area contributed by atoms with Crippen molar-refractivity contribution in [3.63, 3.8) is 0 Å². The second-order valence-corrected chi connectivity index (χ2v) is 27.8. The molecule has 6 heterocycles. The van der Waals surface area contributed by atoms with E-state index < -0.39 is 0 Å². The van der Waals surface area contributed by atoms with Crippen molar-refractivity contribution in [3.05, 3.63) is 328 Å². The van der Waals surface area contributed by atoms with Crippen molar-refractivity contribution < 1.29 is 0 Å². The molecule has 102 heavy (non-hydrogen) atoms. The van der Waals surface area contributed by atoms with Gasteiger partial charge in [0, 0.05) is 76.9 Å². The molecule has 0 aliphatic carbocycles. The maximum Gasteiger partial charge on any atom is 0.164 e. The summed E-state index contributed by atoms with van der Waals surface area (Å²) in [5.41, 5.74) is 16.5. The number of hydrogen-bond donors (Lipinski definition) is 0. The lowest BCUT2D eigenvalue weighted by Crippen LogP contribution is -2.02. The molecule has 0 fully saturated rings. The maximum atomic E-state index is 5.67. The van der Waals surface area contributed by atoms with Crippen LogP contribution in [0.1, 0.15) is 0 Å². The van der Waals surface area contributed by atoms with Crippen LogP contribution in [-0.2, 0) is 0 Å². The number of benzene rings is 14. The fraction of sp³-hybridized carbons (Fsp3) is 0. The van der Waals surface area contributed by atoms with Crippen LogP contribution in [0.4, 0.5) is 0 Å². The molecular weight excluding hydrogens is 1280 g/mol. The highest BCUT2D eigenvalue weighted by molar-refractivity contribution is 7.26. The first-order valence-electron chi connectivity index (χ1n) is 34.0. The molecule has 20 rings (SSSR count). The van der Waals surface area contributed by atoms with Gasteiger partial charge in [-0.3, -0.25) is 4.98 Å². The summed E-state index contributed by atoms with van der Waals surface area (Å²) in [6.07, 6.45) is 3.88. The first-order valence-corrected chi connectivity index (χ1v) is 35.6. The van der Waals surface area contributed by atoms with Gasteiger partial charge in [0.15, 0.2) is 34.9 Å². The number of pyridine rings is 2. The predicted octanol–water partition coefficient (Wildman–Crippen LogP) is 24.5. The highest BCUT2D eigenvalue weighted by Gasteiger charge is 2.24. The van der Waals surface area contributed by atoms with Crippen molar-refractivity contribution in [3.8, 4) is 124 Å². The van der Waals surface area contributed by atoms with E-state index in [0.29, 0.717) is 34.9 Å².